The zero-order chi connectivity index (χ0) is 19.9. The largest absolute Gasteiger partial charge is 0.325 e. The van der Waals surface area contributed by atoms with Gasteiger partial charge < -0.3 is 9.88 Å². The number of allylic oxidation sites excluding steroid dienone is 1. The molecule has 0 atom stereocenters. The van der Waals surface area contributed by atoms with Crippen molar-refractivity contribution in [1.29, 1.82) is 0 Å². The predicted molar refractivity (Wildman–Crippen MR) is 108 cm³/mol. The highest BCUT2D eigenvalue weighted by Crippen LogP contribution is 2.33. The maximum atomic E-state index is 12.3. The van der Waals surface area contributed by atoms with E-state index in [9.17, 15) is 14.9 Å². The van der Waals surface area contributed by atoms with Crippen molar-refractivity contribution in [1.82, 2.24) is 14.8 Å². The van der Waals surface area contributed by atoms with Gasteiger partial charge in [-0.05, 0) is 18.9 Å². The molecule has 1 amide bonds. The van der Waals surface area contributed by atoms with Crippen molar-refractivity contribution in [2.75, 3.05) is 11.1 Å². The van der Waals surface area contributed by atoms with Gasteiger partial charge in [-0.25, -0.2) is 0 Å². The lowest BCUT2D eigenvalue weighted by molar-refractivity contribution is -0.384. The van der Waals surface area contributed by atoms with Gasteiger partial charge in [-0.15, -0.1) is 16.8 Å². The molecule has 0 spiro atoms. The summed E-state index contributed by atoms with van der Waals surface area (Å²) in [6.07, 6.45) is 7.73. The number of hydrogen-bond donors (Lipinski definition) is 1. The van der Waals surface area contributed by atoms with Crippen LogP contribution in [0.3, 0.4) is 0 Å². The molecule has 9 heteroatoms. The van der Waals surface area contributed by atoms with Crippen molar-refractivity contribution < 1.29 is 9.72 Å². The number of benzene rings is 1. The van der Waals surface area contributed by atoms with Gasteiger partial charge in [-0.2, -0.15) is 0 Å². The molecule has 0 radical (unpaired) electrons. The molecule has 0 saturated heterocycles. The van der Waals surface area contributed by atoms with Crippen molar-refractivity contribution in [3.63, 3.8) is 0 Å². The fraction of sp³-hybridized carbons (Fsp3) is 0.421. The minimum atomic E-state index is -0.491. The molecule has 1 N–H and O–H groups in total. The standard InChI is InChI=1S/C19H23N5O3S/c1-2-11-23-18(14-7-4-3-5-8-14)21-22-19(23)28-13-17(25)20-15-9-6-10-16(12-15)24(26)27/h2,6,9-10,12,14H,1,3-5,7-8,11,13H2,(H,20,25). The van der Waals surface area contributed by atoms with Crippen LogP contribution < -0.4 is 5.32 Å². The summed E-state index contributed by atoms with van der Waals surface area (Å²) in [5.74, 6) is 1.27. The Morgan fingerprint density at radius 1 is 1.36 bits per heavy atom. The van der Waals surface area contributed by atoms with Gasteiger partial charge >= 0.3 is 0 Å². The quantitative estimate of drug-likeness (QED) is 0.308. The highest BCUT2D eigenvalue weighted by atomic mass is 32.2. The number of non-ortho nitro benzene ring substituents is 1. The molecule has 1 aliphatic carbocycles. The first-order valence-corrected chi connectivity index (χ1v) is 10.3. The molecular formula is C19H23N5O3S. The van der Waals surface area contributed by atoms with Crippen LogP contribution >= 0.6 is 11.8 Å². The number of thioether (sulfide) groups is 1. The fourth-order valence-electron chi connectivity index (χ4n) is 3.39. The van der Waals surface area contributed by atoms with E-state index in [2.05, 4.69) is 22.1 Å². The third-order valence-corrected chi connectivity index (χ3v) is 5.67. The Bertz CT molecular complexity index is 861. The summed E-state index contributed by atoms with van der Waals surface area (Å²) >= 11 is 1.31. The van der Waals surface area contributed by atoms with E-state index in [-0.39, 0.29) is 17.3 Å². The highest BCUT2D eigenvalue weighted by Gasteiger charge is 2.23. The second-order valence-corrected chi connectivity index (χ2v) is 7.66. The molecule has 1 aliphatic rings. The predicted octanol–water partition coefficient (Wildman–Crippen LogP) is 4.15. The molecule has 0 aliphatic heterocycles. The van der Waals surface area contributed by atoms with E-state index in [0.717, 1.165) is 18.7 Å². The van der Waals surface area contributed by atoms with Crippen LogP contribution in [-0.4, -0.2) is 31.3 Å². The second-order valence-electron chi connectivity index (χ2n) is 6.72. The maximum Gasteiger partial charge on any atom is 0.271 e. The smallest absolute Gasteiger partial charge is 0.271 e. The van der Waals surface area contributed by atoms with Crippen molar-refractivity contribution in [3.8, 4) is 0 Å². The van der Waals surface area contributed by atoms with Crippen LogP contribution in [0.4, 0.5) is 11.4 Å². The third kappa shape index (κ3) is 4.98. The monoisotopic (exact) mass is 401 g/mol. The van der Waals surface area contributed by atoms with Crippen LogP contribution in [-0.2, 0) is 11.3 Å². The van der Waals surface area contributed by atoms with Gasteiger partial charge in [0, 0.05) is 30.3 Å². The molecule has 1 fully saturated rings. The minimum Gasteiger partial charge on any atom is -0.325 e. The summed E-state index contributed by atoms with van der Waals surface area (Å²) in [6.45, 7) is 4.42. The number of hydrogen-bond acceptors (Lipinski definition) is 6. The molecule has 28 heavy (non-hydrogen) atoms. The van der Waals surface area contributed by atoms with Crippen LogP contribution in [0.2, 0.25) is 0 Å². The second kappa shape index (κ2) is 9.50. The van der Waals surface area contributed by atoms with Gasteiger partial charge in [0.2, 0.25) is 5.91 Å². The van der Waals surface area contributed by atoms with E-state index in [1.807, 2.05) is 10.6 Å². The van der Waals surface area contributed by atoms with Crippen LogP contribution in [0.1, 0.15) is 43.8 Å². The van der Waals surface area contributed by atoms with Gasteiger partial charge in [0.1, 0.15) is 5.82 Å². The Balaban J connectivity index is 1.64. The van der Waals surface area contributed by atoms with Crippen molar-refractivity contribution in [3.05, 3.63) is 52.9 Å². The average molecular weight is 401 g/mol. The lowest BCUT2D eigenvalue weighted by atomic mass is 9.89. The zero-order valence-corrected chi connectivity index (χ0v) is 16.4. The number of aromatic nitrogens is 3. The summed E-state index contributed by atoms with van der Waals surface area (Å²) in [5.41, 5.74) is 0.337. The lowest BCUT2D eigenvalue weighted by Gasteiger charge is -2.21. The first-order valence-electron chi connectivity index (χ1n) is 9.29. The molecule has 1 saturated carbocycles. The van der Waals surface area contributed by atoms with E-state index >= 15 is 0 Å². The third-order valence-electron chi connectivity index (χ3n) is 4.70. The Hall–Kier alpha value is -2.68. The van der Waals surface area contributed by atoms with E-state index in [1.165, 1.54) is 49.2 Å². The number of anilines is 1. The number of nitro groups is 1. The van der Waals surface area contributed by atoms with E-state index < -0.39 is 4.92 Å². The summed E-state index contributed by atoms with van der Waals surface area (Å²) in [7, 11) is 0. The normalized spacial score (nSPS) is 14.6. The highest BCUT2D eigenvalue weighted by molar-refractivity contribution is 7.99. The molecule has 1 heterocycles. The van der Waals surface area contributed by atoms with Crippen molar-refractivity contribution in [2.45, 2.75) is 49.7 Å². The molecule has 148 valence electrons. The van der Waals surface area contributed by atoms with Gasteiger partial charge in [-0.3, -0.25) is 14.9 Å². The molecule has 1 aromatic heterocycles. The van der Waals surface area contributed by atoms with Gasteiger partial charge in [0.25, 0.3) is 5.69 Å². The average Bonchev–Trinajstić information content (AvgIpc) is 3.10. The van der Waals surface area contributed by atoms with E-state index in [1.54, 1.807) is 6.07 Å². The molecular weight excluding hydrogens is 378 g/mol. The molecule has 3 rings (SSSR count). The summed E-state index contributed by atoms with van der Waals surface area (Å²) in [4.78, 5) is 22.6. The van der Waals surface area contributed by atoms with Crippen molar-refractivity contribution in [2.24, 2.45) is 0 Å². The lowest BCUT2D eigenvalue weighted by Crippen LogP contribution is -2.15. The molecule has 1 aromatic carbocycles. The van der Waals surface area contributed by atoms with Crippen LogP contribution in [0.25, 0.3) is 0 Å². The minimum absolute atomic E-state index is 0.0618. The number of carbonyl (C=O) groups excluding carboxylic acids is 1. The summed E-state index contributed by atoms with van der Waals surface area (Å²) in [6, 6.07) is 5.88. The van der Waals surface area contributed by atoms with E-state index in [0.29, 0.717) is 23.3 Å². The van der Waals surface area contributed by atoms with Gasteiger partial charge in [0.05, 0.1) is 10.7 Å². The van der Waals surface area contributed by atoms with Crippen molar-refractivity contribution >= 4 is 29.0 Å². The summed E-state index contributed by atoms with van der Waals surface area (Å²) < 4.78 is 2.04. The van der Waals surface area contributed by atoms with Crippen LogP contribution in [0.5, 0.6) is 0 Å². The van der Waals surface area contributed by atoms with Gasteiger partial charge in [-0.1, -0.05) is 43.2 Å². The fourth-order valence-corrected chi connectivity index (χ4v) is 4.15. The Morgan fingerprint density at radius 2 is 2.14 bits per heavy atom. The molecule has 8 nitrogen and oxygen atoms in total. The van der Waals surface area contributed by atoms with Crippen LogP contribution in [0.15, 0.2) is 42.1 Å². The number of nitrogens with zero attached hydrogens (tertiary/aromatic N) is 4. The van der Waals surface area contributed by atoms with E-state index in [4.69, 9.17) is 0 Å². The Labute approximate surface area is 167 Å². The van der Waals surface area contributed by atoms with Gasteiger partial charge in [0.15, 0.2) is 5.16 Å². The topological polar surface area (TPSA) is 103 Å². The number of nitro benzene ring substituents is 1. The maximum absolute atomic E-state index is 12.3. The summed E-state index contributed by atoms with van der Waals surface area (Å²) in [5, 5.41) is 22.9. The zero-order valence-electron chi connectivity index (χ0n) is 15.5. The first-order chi connectivity index (χ1) is 13.6. The van der Waals surface area contributed by atoms with Crippen LogP contribution in [0, 0.1) is 10.1 Å². The first kappa shape index (κ1) is 20.1. The molecule has 2 aromatic rings. The SMILES string of the molecule is C=CCn1c(SCC(=O)Nc2cccc([N+](=O)[O-])c2)nnc1C1CCCCC1. The number of nitrogens with one attached hydrogen (secondary N) is 1. The molecule has 0 unspecified atom stereocenters. The number of rotatable bonds is 8. The Morgan fingerprint density at radius 3 is 2.86 bits per heavy atom. The Kier molecular flexibility index (Phi) is 6.80. The number of carbonyl (C=O) groups is 1. The number of amides is 1. The molecule has 0 bridgehead atoms.